The summed E-state index contributed by atoms with van der Waals surface area (Å²) in [5.74, 6) is 0.662. The zero-order valence-electron chi connectivity index (χ0n) is 11.0. The summed E-state index contributed by atoms with van der Waals surface area (Å²) in [5, 5.41) is 6.05. The molecule has 1 aliphatic rings. The molecule has 0 aromatic rings. The van der Waals surface area contributed by atoms with Crippen molar-refractivity contribution in [2.24, 2.45) is 5.92 Å². The lowest BCUT2D eigenvalue weighted by Gasteiger charge is -2.26. The molecule has 100 valence electrons. The molecule has 0 radical (unpaired) electrons. The fourth-order valence-corrected chi connectivity index (χ4v) is 1.72. The number of amides is 1. The minimum absolute atomic E-state index is 0.0823. The van der Waals surface area contributed by atoms with Gasteiger partial charge in [0.25, 0.3) is 0 Å². The average Bonchev–Trinajstić information content (AvgIpc) is 2.30. The minimum Gasteiger partial charge on any atom is -0.379 e. The van der Waals surface area contributed by atoms with Gasteiger partial charge in [-0.3, -0.25) is 9.69 Å². The van der Waals surface area contributed by atoms with E-state index in [2.05, 4.69) is 29.4 Å². The van der Waals surface area contributed by atoms with Crippen molar-refractivity contribution in [1.82, 2.24) is 15.5 Å². The van der Waals surface area contributed by atoms with E-state index < -0.39 is 0 Å². The maximum Gasteiger partial charge on any atom is 0.234 e. The fourth-order valence-electron chi connectivity index (χ4n) is 1.72. The molecule has 0 aromatic carbocycles. The summed E-state index contributed by atoms with van der Waals surface area (Å²) in [7, 11) is 0. The van der Waals surface area contributed by atoms with Crippen LogP contribution in [0.15, 0.2) is 0 Å². The lowest BCUT2D eigenvalue weighted by atomic mass is 10.2. The SMILES string of the molecule is CC(C)CNCC(=O)NCCN1CCOCC1. The third kappa shape index (κ3) is 7.31. The van der Waals surface area contributed by atoms with Crippen LogP contribution < -0.4 is 10.6 Å². The van der Waals surface area contributed by atoms with E-state index in [1.165, 1.54) is 0 Å². The third-order valence-corrected chi connectivity index (χ3v) is 2.69. The summed E-state index contributed by atoms with van der Waals surface area (Å²) in [4.78, 5) is 13.8. The summed E-state index contributed by atoms with van der Waals surface area (Å²) >= 11 is 0. The van der Waals surface area contributed by atoms with Crippen LogP contribution in [0.25, 0.3) is 0 Å². The minimum atomic E-state index is 0.0823. The van der Waals surface area contributed by atoms with E-state index in [0.29, 0.717) is 12.5 Å². The van der Waals surface area contributed by atoms with Gasteiger partial charge < -0.3 is 15.4 Å². The van der Waals surface area contributed by atoms with Crippen molar-refractivity contribution < 1.29 is 9.53 Å². The predicted octanol–water partition coefficient (Wildman–Crippen LogP) is -0.320. The molecule has 0 bridgehead atoms. The van der Waals surface area contributed by atoms with Crippen LogP contribution in [0.5, 0.6) is 0 Å². The number of hydrogen-bond acceptors (Lipinski definition) is 4. The Bertz CT molecular complexity index is 216. The summed E-state index contributed by atoms with van der Waals surface area (Å²) < 4.78 is 5.26. The second-order valence-corrected chi connectivity index (χ2v) is 4.83. The number of carbonyl (C=O) groups excluding carboxylic acids is 1. The molecule has 0 unspecified atom stereocenters. The van der Waals surface area contributed by atoms with Gasteiger partial charge in [-0.1, -0.05) is 13.8 Å². The van der Waals surface area contributed by atoms with Gasteiger partial charge in [0.15, 0.2) is 0 Å². The molecule has 1 heterocycles. The summed E-state index contributed by atoms with van der Waals surface area (Å²) in [6, 6.07) is 0. The van der Waals surface area contributed by atoms with Gasteiger partial charge in [0, 0.05) is 26.2 Å². The van der Waals surface area contributed by atoms with Crippen LogP contribution >= 0.6 is 0 Å². The Kier molecular flexibility index (Phi) is 7.16. The van der Waals surface area contributed by atoms with Crippen LogP contribution in [0, 0.1) is 5.92 Å². The Morgan fingerprint density at radius 3 is 2.71 bits per heavy atom. The molecule has 1 amide bonds. The normalized spacial score (nSPS) is 17.4. The van der Waals surface area contributed by atoms with Crippen molar-refractivity contribution in [3.63, 3.8) is 0 Å². The molecular weight excluding hydrogens is 218 g/mol. The molecule has 1 aliphatic heterocycles. The molecule has 1 fully saturated rings. The first-order chi connectivity index (χ1) is 8.18. The topological polar surface area (TPSA) is 53.6 Å². The van der Waals surface area contributed by atoms with Crippen molar-refractivity contribution in [1.29, 1.82) is 0 Å². The first-order valence-electron chi connectivity index (χ1n) is 6.46. The van der Waals surface area contributed by atoms with Crippen LogP contribution in [-0.2, 0) is 9.53 Å². The number of nitrogens with one attached hydrogen (secondary N) is 2. The van der Waals surface area contributed by atoms with Crippen LogP contribution in [0.4, 0.5) is 0 Å². The molecule has 1 saturated heterocycles. The Hall–Kier alpha value is -0.650. The van der Waals surface area contributed by atoms with Crippen molar-refractivity contribution in [3.8, 4) is 0 Å². The van der Waals surface area contributed by atoms with Crippen LogP contribution in [0.1, 0.15) is 13.8 Å². The highest BCUT2D eigenvalue weighted by Crippen LogP contribution is 1.94. The van der Waals surface area contributed by atoms with Crippen molar-refractivity contribution >= 4 is 5.91 Å². The number of nitrogens with zero attached hydrogens (tertiary/aromatic N) is 1. The van der Waals surface area contributed by atoms with Gasteiger partial charge in [-0.2, -0.15) is 0 Å². The van der Waals surface area contributed by atoms with E-state index in [9.17, 15) is 4.79 Å². The van der Waals surface area contributed by atoms with Crippen molar-refractivity contribution in [2.45, 2.75) is 13.8 Å². The summed E-state index contributed by atoms with van der Waals surface area (Å²) in [6.07, 6.45) is 0. The smallest absolute Gasteiger partial charge is 0.234 e. The van der Waals surface area contributed by atoms with E-state index in [1.807, 2.05) is 0 Å². The lowest BCUT2D eigenvalue weighted by molar-refractivity contribution is -0.120. The number of hydrogen-bond donors (Lipinski definition) is 2. The first kappa shape index (κ1) is 14.4. The van der Waals surface area contributed by atoms with Gasteiger partial charge in [0.2, 0.25) is 5.91 Å². The van der Waals surface area contributed by atoms with Crippen molar-refractivity contribution in [2.75, 3.05) is 52.5 Å². The second-order valence-electron chi connectivity index (χ2n) is 4.83. The maximum absolute atomic E-state index is 11.4. The van der Waals surface area contributed by atoms with E-state index in [0.717, 1.165) is 45.9 Å². The number of rotatable bonds is 7. The van der Waals surface area contributed by atoms with Crippen LogP contribution in [-0.4, -0.2) is 63.3 Å². The number of carbonyl (C=O) groups is 1. The quantitative estimate of drug-likeness (QED) is 0.643. The summed E-state index contributed by atoms with van der Waals surface area (Å²) in [6.45, 7) is 10.8. The molecule has 0 spiro atoms. The van der Waals surface area contributed by atoms with E-state index >= 15 is 0 Å². The number of morpholine rings is 1. The zero-order valence-corrected chi connectivity index (χ0v) is 11.0. The number of ether oxygens (including phenoxy) is 1. The monoisotopic (exact) mass is 243 g/mol. The molecule has 5 heteroatoms. The van der Waals surface area contributed by atoms with E-state index in [1.54, 1.807) is 0 Å². The van der Waals surface area contributed by atoms with Gasteiger partial charge in [0.05, 0.1) is 19.8 Å². The predicted molar refractivity (Wildman–Crippen MR) is 68.0 cm³/mol. The Morgan fingerprint density at radius 1 is 1.35 bits per heavy atom. The van der Waals surface area contributed by atoms with Crippen LogP contribution in [0.3, 0.4) is 0 Å². The summed E-state index contributed by atoms with van der Waals surface area (Å²) in [5.41, 5.74) is 0. The molecule has 17 heavy (non-hydrogen) atoms. The standard InChI is InChI=1S/C12H25N3O2/c1-11(2)9-13-10-12(16)14-3-4-15-5-7-17-8-6-15/h11,13H,3-10H2,1-2H3,(H,14,16). The highest BCUT2D eigenvalue weighted by atomic mass is 16.5. The molecular formula is C12H25N3O2. The average molecular weight is 243 g/mol. The van der Waals surface area contributed by atoms with Gasteiger partial charge in [0.1, 0.15) is 0 Å². The fraction of sp³-hybridized carbons (Fsp3) is 0.917. The molecule has 0 aliphatic carbocycles. The second kappa shape index (κ2) is 8.44. The molecule has 0 aromatic heterocycles. The van der Waals surface area contributed by atoms with Crippen LogP contribution in [0.2, 0.25) is 0 Å². The Morgan fingerprint density at radius 2 is 2.06 bits per heavy atom. The van der Waals surface area contributed by atoms with Gasteiger partial charge in [-0.05, 0) is 12.5 Å². The third-order valence-electron chi connectivity index (χ3n) is 2.69. The van der Waals surface area contributed by atoms with Gasteiger partial charge >= 0.3 is 0 Å². The zero-order chi connectivity index (χ0) is 12.5. The van der Waals surface area contributed by atoms with Crippen molar-refractivity contribution in [3.05, 3.63) is 0 Å². The largest absolute Gasteiger partial charge is 0.379 e. The molecule has 5 nitrogen and oxygen atoms in total. The maximum atomic E-state index is 11.4. The van der Waals surface area contributed by atoms with E-state index in [4.69, 9.17) is 4.74 Å². The van der Waals surface area contributed by atoms with Gasteiger partial charge in [-0.15, -0.1) is 0 Å². The Labute approximate surface area is 104 Å². The Balaban J connectivity index is 1.95. The first-order valence-corrected chi connectivity index (χ1v) is 6.46. The molecule has 2 N–H and O–H groups in total. The van der Waals surface area contributed by atoms with Gasteiger partial charge in [-0.25, -0.2) is 0 Å². The molecule has 0 atom stereocenters. The van der Waals surface area contributed by atoms with E-state index in [-0.39, 0.29) is 5.91 Å². The molecule has 1 rings (SSSR count). The lowest BCUT2D eigenvalue weighted by Crippen LogP contribution is -2.43. The highest BCUT2D eigenvalue weighted by molar-refractivity contribution is 5.77. The highest BCUT2D eigenvalue weighted by Gasteiger charge is 2.09. The molecule has 0 saturated carbocycles.